The molecule has 1 saturated heterocycles. The number of alkyl carbamates (subject to hydrolysis) is 1. The first kappa shape index (κ1) is 21.3. The van der Waals surface area contributed by atoms with Crippen molar-refractivity contribution < 1.29 is 27.5 Å². The highest BCUT2D eigenvalue weighted by Crippen LogP contribution is 2.30. The number of alkyl halides is 3. The summed E-state index contributed by atoms with van der Waals surface area (Å²) in [6.45, 7) is 5.79. The third-order valence-corrected chi connectivity index (χ3v) is 4.56. The van der Waals surface area contributed by atoms with Crippen LogP contribution < -0.4 is 5.32 Å². The van der Waals surface area contributed by atoms with E-state index in [2.05, 4.69) is 5.32 Å². The van der Waals surface area contributed by atoms with Crippen molar-refractivity contribution in [1.29, 1.82) is 0 Å². The van der Waals surface area contributed by atoms with E-state index in [0.717, 1.165) is 4.90 Å². The lowest BCUT2D eigenvalue weighted by Gasteiger charge is -2.32. The van der Waals surface area contributed by atoms with Crippen LogP contribution in [-0.2, 0) is 9.53 Å². The summed E-state index contributed by atoms with van der Waals surface area (Å²) in [5, 5.41) is 2.47. The van der Waals surface area contributed by atoms with E-state index in [1.165, 1.54) is 6.08 Å². The van der Waals surface area contributed by atoms with Crippen LogP contribution in [0, 0.1) is 5.92 Å². The largest absolute Gasteiger partial charge is 0.444 e. The molecule has 0 spiro atoms. The first-order chi connectivity index (χ1) is 12.4. The fraction of sp³-hybridized carbons (Fsp3) is 0.684. The standard InChI is InChI=1S/C19H27F3N2O3/c1-12(13-7-5-6-8-14(13)20)15(23-17(26)27-18(2,3)4)16(25)24-10-9-19(21,22)11-24/h6-8,12,14-15H,5,9-11H2,1-4H3,(H,23,26). The van der Waals surface area contributed by atoms with E-state index >= 15 is 0 Å². The Morgan fingerprint density at radius 1 is 1.37 bits per heavy atom. The lowest BCUT2D eigenvalue weighted by molar-refractivity contribution is -0.134. The molecule has 1 N–H and O–H groups in total. The first-order valence-electron chi connectivity index (χ1n) is 9.06. The molecule has 152 valence electrons. The highest BCUT2D eigenvalue weighted by molar-refractivity contribution is 5.86. The second-order valence-corrected chi connectivity index (χ2v) is 8.05. The summed E-state index contributed by atoms with van der Waals surface area (Å²) in [6.07, 6.45) is 2.56. The van der Waals surface area contributed by atoms with E-state index in [0.29, 0.717) is 12.0 Å². The number of amides is 2. The summed E-state index contributed by atoms with van der Waals surface area (Å²) in [6, 6.07) is -1.19. The first-order valence-corrected chi connectivity index (χ1v) is 9.06. The number of halogens is 3. The predicted octanol–water partition coefficient (Wildman–Crippen LogP) is 3.61. The number of likely N-dealkylation sites (tertiary alicyclic amines) is 1. The van der Waals surface area contributed by atoms with Gasteiger partial charge >= 0.3 is 6.09 Å². The van der Waals surface area contributed by atoms with Gasteiger partial charge in [0.15, 0.2) is 0 Å². The summed E-state index contributed by atoms with van der Waals surface area (Å²) in [5.41, 5.74) is -0.449. The molecule has 5 nitrogen and oxygen atoms in total. The molecule has 27 heavy (non-hydrogen) atoms. The van der Waals surface area contributed by atoms with Gasteiger partial charge in [-0.25, -0.2) is 18.0 Å². The van der Waals surface area contributed by atoms with E-state index < -0.39 is 54.6 Å². The van der Waals surface area contributed by atoms with Crippen LogP contribution in [0.25, 0.3) is 0 Å². The number of ether oxygens (including phenoxy) is 1. The minimum Gasteiger partial charge on any atom is -0.444 e. The van der Waals surface area contributed by atoms with Gasteiger partial charge in [0, 0.05) is 18.9 Å². The molecule has 2 amide bonds. The maximum Gasteiger partial charge on any atom is 0.408 e. The maximum absolute atomic E-state index is 14.3. The number of hydrogen-bond acceptors (Lipinski definition) is 3. The molecule has 0 radical (unpaired) electrons. The van der Waals surface area contributed by atoms with Crippen molar-refractivity contribution in [3.05, 3.63) is 23.8 Å². The van der Waals surface area contributed by atoms with Crippen LogP contribution in [0.4, 0.5) is 18.0 Å². The number of nitrogens with one attached hydrogen (secondary N) is 1. The van der Waals surface area contributed by atoms with E-state index in [1.807, 2.05) is 0 Å². The monoisotopic (exact) mass is 388 g/mol. The number of hydrogen-bond donors (Lipinski definition) is 1. The molecule has 2 rings (SSSR count). The molecule has 1 fully saturated rings. The Labute approximate surface area is 157 Å². The average molecular weight is 388 g/mol. The molecular weight excluding hydrogens is 361 g/mol. The number of carbonyl (C=O) groups excluding carboxylic acids is 2. The van der Waals surface area contributed by atoms with Gasteiger partial charge in [-0.15, -0.1) is 0 Å². The molecule has 2 aliphatic rings. The number of rotatable bonds is 4. The molecule has 1 aliphatic carbocycles. The smallest absolute Gasteiger partial charge is 0.408 e. The molecule has 1 heterocycles. The summed E-state index contributed by atoms with van der Waals surface area (Å²) < 4.78 is 46.5. The van der Waals surface area contributed by atoms with Crippen LogP contribution >= 0.6 is 0 Å². The Morgan fingerprint density at radius 2 is 2.04 bits per heavy atom. The quantitative estimate of drug-likeness (QED) is 0.749. The molecule has 0 saturated carbocycles. The maximum atomic E-state index is 14.3. The topological polar surface area (TPSA) is 58.6 Å². The van der Waals surface area contributed by atoms with Gasteiger partial charge < -0.3 is 15.0 Å². The number of carbonyl (C=O) groups is 2. The van der Waals surface area contributed by atoms with Crippen LogP contribution in [0.5, 0.6) is 0 Å². The van der Waals surface area contributed by atoms with Gasteiger partial charge in [0.2, 0.25) is 5.91 Å². The normalized spacial score (nSPS) is 24.2. The molecule has 1 aliphatic heterocycles. The van der Waals surface area contributed by atoms with Gasteiger partial charge in [0.25, 0.3) is 5.92 Å². The van der Waals surface area contributed by atoms with Gasteiger partial charge in [-0.1, -0.05) is 25.2 Å². The second kappa shape index (κ2) is 7.94. The molecule has 3 atom stereocenters. The van der Waals surface area contributed by atoms with Crippen molar-refractivity contribution in [2.45, 2.75) is 64.3 Å². The minimum atomic E-state index is -2.95. The molecule has 0 aromatic carbocycles. The molecule has 0 bridgehead atoms. The Bertz CT molecular complexity index is 641. The zero-order valence-electron chi connectivity index (χ0n) is 16.1. The lowest BCUT2D eigenvalue weighted by atomic mass is 9.86. The Morgan fingerprint density at radius 3 is 2.56 bits per heavy atom. The fourth-order valence-corrected chi connectivity index (χ4v) is 3.21. The summed E-state index contributed by atoms with van der Waals surface area (Å²) in [7, 11) is 0. The Hall–Kier alpha value is -1.99. The van der Waals surface area contributed by atoms with Crippen LogP contribution in [0.3, 0.4) is 0 Å². The van der Waals surface area contributed by atoms with E-state index in [1.54, 1.807) is 39.8 Å². The summed E-state index contributed by atoms with van der Waals surface area (Å²) in [4.78, 5) is 26.1. The lowest BCUT2D eigenvalue weighted by Crippen LogP contribution is -2.53. The highest BCUT2D eigenvalue weighted by Gasteiger charge is 2.44. The zero-order chi connectivity index (χ0) is 20.4. The third kappa shape index (κ3) is 5.74. The van der Waals surface area contributed by atoms with Crippen molar-refractivity contribution >= 4 is 12.0 Å². The van der Waals surface area contributed by atoms with Crippen LogP contribution in [0.1, 0.15) is 40.5 Å². The molecule has 0 aromatic rings. The Balaban J connectivity index is 2.21. The summed E-state index contributed by atoms with van der Waals surface area (Å²) >= 11 is 0. The summed E-state index contributed by atoms with van der Waals surface area (Å²) in [5.74, 6) is -4.32. The van der Waals surface area contributed by atoms with Gasteiger partial charge in [-0.2, -0.15) is 0 Å². The van der Waals surface area contributed by atoms with Gasteiger partial charge in [0.05, 0.1) is 6.54 Å². The van der Waals surface area contributed by atoms with Gasteiger partial charge in [-0.3, -0.25) is 4.79 Å². The SMILES string of the molecule is CC(C1=CCC=CC1F)C(NC(=O)OC(C)(C)C)C(=O)N1CCC(F)(F)C1. The Kier molecular flexibility index (Phi) is 6.27. The van der Waals surface area contributed by atoms with Crippen molar-refractivity contribution in [3.8, 4) is 0 Å². The van der Waals surface area contributed by atoms with Crippen molar-refractivity contribution in [1.82, 2.24) is 10.2 Å². The highest BCUT2D eigenvalue weighted by atomic mass is 19.3. The van der Waals surface area contributed by atoms with Crippen LogP contribution in [0.15, 0.2) is 23.8 Å². The zero-order valence-corrected chi connectivity index (χ0v) is 16.1. The molecular formula is C19H27F3N2O3. The van der Waals surface area contributed by atoms with E-state index in [4.69, 9.17) is 4.74 Å². The third-order valence-electron chi connectivity index (χ3n) is 4.56. The van der Waals surface area contributed by atoms with Crippen LogP contribution in [0.2, 0.25) is 0 Å². The number of allylic oxidation sites excluding steroid dienone is 3. The second-order valence-electron chi connectivity index (χ2n) is 8.05. The molecule has 8 heteroatoms. The average Bonchev–Trinajstić information content (AvgIpc) is 2.90. The van der Waals surface area contributed by atoms with E-state index in [9.17, 15) is 22.8 Å². The van der Waals surface area contributed by atoms with Crippen molar-refractivity contribution in [2.75, 3.05) is 13.1 Å². The van der Waals surface area contributed by atoms with E-state index in [-0.39, 0.29) is 6.54 Å². The molecule has 0 aromatic heterocycles. The fourth-order valence-electron chi connectivity index (χ4n) is 3.21. The van der Waals surface area contributed by atoms with Gasteiger partial charge in [0.1, 0.15) is 17.8 Å². The minimum absolute atomic E-state index is 0.108. The van der Waals surface area contributed by atoms with Crippen LogP contribution in [-0.4, -0.2) is 53.7 Å². The number of nitrogens with zero attached hydrogens (tertiary/aromatic N) is 1. The van der Waals surface area contributed by atoms with Crippen molar-refractivity contribution in [3.63, 3.8) is 0 Å². The predicted molar refractivity (Wildman–Crippen MR) is 95.2 cm³/mol. The molecule has 3 unspecified atom stereocenters. The van der Waals surface area contributed by atoms with Gasteiger partial charge in [-0.05, 0) is 32.8 Å². The van der Waals surface area contributed by atoms with Crippen molar-refractivity contribution in [2.24, 2.45) is 5.92 Å².